The molecule has 0 amide bonds. The maximum atomic E-state index is 10.7. The van der Waals surface area contributed by atoms with Gasteiger partial charge in [-0.3, -0.25) is 10.1 Å². The Morgan fingerprint density at radius 3 is 2.27 bits per heavy atom. The number of nitro groups is 1. The van der Waals surface area contributed by atoms with Crippen LogP contribution in [0.4, 0.5) is 11.4 Å². The van der Waals surface area contributed by atoms with Crippen LogP contribution >= 0.6 is 12.2 Å². The van der Waals surface area contributed by atoms with E-state index in [1.165, 1.54) is 23.3 Å². The molecule has 0 aliphatic carbocycles. The molecule has 2 aromatic carbocycles. The Balaban J connectivity index is 1.95. The minimum Gasteiger partial charge on any atom is -0.361 e. The Morgan fingerprint density at radius 1 is 1.15 bits per heavy atom. The number of non-ortho nitro benzene ring substituents is 1. The fourth-order valence-corrected chi connectivity index (χ4v) is 2.81. The van der Waals surface area contributed by atoms with Gasteiger partial charge in [0.1, 0.15) is 0 Å². The zero-order valence-corrected chi connectivity index (χ0v) is 16.0. The molecular weight excluding hydrogens is 348 g/mol. The number of thiocarbonyl (C=S) groups is 1. The summed E-state index contributed by atoms with van der Waals surface area (Å²) in [5.41, 5.74) is 3.30. The molecule has 6 nitrogen and oxygen atoms in total. The van der Waals surface area contributed by atoms with Crippen LogP contribution in [0.1, 0.15) is 24.1 Å². The van der Waals surface area contributed by atoms with Gasteiger partial charge in [-0.2, -0.15) is 0 Å². The van der Waals surface area contributed by atoms with Gasteiger partial charge in [-0.05, 0) is 56.0 Å². The van der Waals surface area contributed by atoms with E-state index < -0.39 is 4.92 Å². The summed E-state index contributed by atoms with van der Waals surface area (Å²) in [5, 5.41) is 17.4. The Kier molecular flexibility index (Phi) is 7.06. The fraction of sp³-hybridized carbons (Fsp3) is 0.316. The largest absolute Gasteiger partial charge is 0.361 e. The third-order valence-corrected chi connectivity index (χ3v) is 4.43. The molecule has 7 heteroatoms. The molecule has 0 aromatic heterocycles. The summed E-state index contributed by atoms with van der Waals surface area (Å²) in [6, 6.07) is 15.0. The zero-order chi connectivity index (χ0) is 19.1. The van der Waals surface area contributed by atoms with Crippen molar-refractivity contribution in [1.82, 2.24) is 10.2 Å². The van der Waals surface area contributed by atoms with E-state index in [4.69, 9.17) is 12.2 Å². The fourth-order valence-electron chi connectivity index (χ4n) is 2.61. The second-order valence-electron chi connectivity index (χ2n) is 6.21. The summed E-state index contributed by atoms with van der Waals surface area (Å²) < 4.78 is 0. The van der Waals surface area contributed by atoms with Gasteiger partial charge in [0.25, 0.3) is 5.69 Å². The van der Waals surface area contributed by atoms with Gasteiger partial charge in [0.15, 0.2) is 5.11 Å². The van der Waals surface area contributed by atoms with Crippen LogP contribution in [0.25, 0.3) is 0 Å². The first-order chi connectivity index (χ1) is 12.4. The summed E-state index contributed by atoms with van der Waals surface area (Å²) in [4.78, 5) is 12.4. The number of nitrogens with zero attached hydrogens (tertiary/aromatic N) is 2. The van der Waals surface area contributed by atoms with E-state index in [-0.39, 0.29) is 11.7 Å². The number of nitro benzene ring substituents is 1. The number of aryl methyl sites for hydroxylation is 1. The van der Waals surface area contributed by atoms with Crippen molar-refractivity contribution in [3.63, 3.8) is 0 Å². The molecule has 0 fully saturated rings. The van der Waals surface area contributed by atoms with Crippen LogP contribution in [0, 0.1) is 10.1 Å². The van der Waals surface area contributed by atoms with E-state index >= 15 is 0 Å². The van der Waals surface area contributed by atoms with Gasteiger partial charge in [0.2, 0.25) is 0 Å². The summed E-state index contributed by atoms with van der Waals surface area (Å²) in [6.45, 7) is 2.79. The molecule has 0 aliphatic heterocycles. The van der Waals surface area contributed by atoms with Crippen molar-refractivity contribution in [2.24, 2.45) is 0 Å². The van der Waals surface area contributed by atoms with Crippen molar-refractivity contribution in [3.8, 4) is 0 Å². The van der Waals surface area contributed by atoms with Crippen molar-refractivity contribution in [2.75, 3.05) is 26.0 Å². The van der Waals surface area contributed by atoms with Crippen LogP contribution < -0.4 is 10.6 Å². The molecule has 0 aliphatic rings. The zero-order valence-electron chi connectivity index (χ0n) is 15.2. The molecule has 138 valence electrons. The number of benzene rings is 2. The Hall–Kier alpha value is -2.51. The van der Waals surface area contributed by atoms with Crippen LogP contribution in [-0.4, -0.2) is 35.6 Å². The molecule has 0 heterocycles. The van der Waals surface area contributed by atoms with Crippen LogP contribution in [0.5, 0.6) is 0 Å². The molecule has 0 bridgehead atoms. The highest BCUT2D eigenvalue weighted by molar-refractivity contribution is 7.80. The second-order valence-corrected chi connectivity index (χ2v) is 6.62. The number of hydrogen-bond acceptors (Lipinski definition) is 4. The van der Waals surface area contributed by atoms with Crippen molar-refractivity contribution in [3.05, 3.63) is 69.8 Å². The third kappa shape index (κ3) is 5.50. The predicted molar refractivity (Wildman–Crippen MR) is 110 cm³/mol. The lowest BCUT2D eigenvalue weighted by atomic mass is 10.0. The SMILES string of the molecule is CCc1ccc([C@@H](CNC(=S)Nc2ccc([N+](=O)[O-])cc2)N(C)C)cc1. The molecule has 2 rings (SSSR count). The van der Waals surface area contributed by atoms with E-state index in [9.17, 15) is 10.1 Å². The highest BCUT2D eigenvalue weighted by Crippen LogP contribution is 2.19. The van der Waals surface area contributed by atoms with Gasteiger partial charge in [0, 0.05) is 24.4 Å². The van der Waals surface area contributed by atoms with Gasteiger partial charge in [-0.15, -0.1) is 0 Å². The number of rotatable bonds is 7. The van der Waals surface area contributed by atoms with Crippen molar-refractivity contribution < 1.29 is 4.92 Å². The van der Waals surface area contributed by atoms with Crippen LogP contribution in [0.2, 0.25) is 0 Å². The van der Waals surface area contributed by atoms with E-state index in [2.05, 4.69) is 46.7 Å². The van der Waals surface area contributed by atoms with Crippen molar-refractivity contribution in [1.29, 1.82) is 0 Å². The van der Waals surface area contributed by atoms with E-state index in [0.29, 0.717) is 17.3 Å². The van der Waals surface area contributed by atoms with Crippen molar-refractivity contribution >= 4 is 28.7 Å². The lowest BCUT2D eigenvalue weighted by molar-refractivity contribution is -0.384. The summed E-state index contributed by atoms with van der Waals surface area (Å²) in [7, 11) is 4.07. The Morgan fingerprint density at radius 2 is 1.77 bits per heavy atom. The summed E-state index contributed by atoms with van der Waals surface area (Å²) in [6.07, 6.45) is 1.02. The van der Waals surface area contributed by atoms with Crippen LogP contribution in [-0.2, 0) is 6.42 Å². The van der Waals surface area contributed by atoms with Gasteiger partial charge < -0.3 is 15.5 Å². The Labute approximate surface area is 159 Å². The number of hydrogen-bond donors (Lipinski definition) is 2. The van der Waals surface area contributed by atoms with Gasteiger partial charge in [-0.25, -0.2) is 0 Å². The Bertz CT molecular complexity index is 745. The lowest BCUT2D eigenvalue weighted by Crippen LogP contribution is -2.36. The molecule has 26 heavy (non-hydrogen) atoms. The number of likely N-dealkylation sites (N-methyl/N-ethyl adjacent to an activating group) is 1. The number of nitrogens with one attached hydrogen (secondary N) is 2. The summed E-state index contributed by atoms with van der Waals surface area (Å²) >= 11 is 5.34. The molecular formula is C19H24N4O2S. The van der Waals surface area contributed by atoms with E-state index in [1.54, 1.807) is 12.1 Å². The molecule has 2 N–H and O–H groups in total. The highest BCUT2D eigenvalue weighted by Gasteiger charge is 2.14. The average molecular weight is 372 g/mol. The molecule has 0 saturated heterocycles. The molecule has 0 saturated carbocycles. The molecule has 2 aromatic rings. The molecule has 0 radical (unpaired) electrons. The molecule has 0 unspecified atom stereocenters. The second kappa shape index (κ2) is 9.26. The van der Waals surface area contributed by atoms with E-state index in [1.807, 2.05) is 14.1 Å². The minimum atomic E-state index is -0.425. The molecule has 0 spiro atoms. The van der Waals surface area contributed by atoms with Gasteiger partial charge in [0.05, 0.1) is 11.0 Å². The van der Waals surface area contributed by atoms with Gasteiger partial charge >= 0.3 is 0 Å². The average Bonchev–Trinajstić information content (AvgIpc) is 2.62. The maximum Gasteiger partial charge on any atom is 0.269 e. The van der Waals surface area contributed by atoms with Crippen LogP contribution in [0.15, 0.2) is 48.5 Å². The van der Waals surface area contributed by atoms with Crippen molar-refractivity contribution in [2.45, 2.75) is 19.4 Å². The minimum absolute atomic E-state index is 0.0534. The normalized spacial score (nSPS) is 11.8. The van der Waals surface area contributed by atoms with E-state index in [0.717, 1.165) is 6.42 Å². The monoisotopic (exact) mass is 372 g/mol. The first-order valence-electron chi connectivity index (χ1n) is 8.45. The first-order valence-corrected chi connectivity index (χ1v) is 8.86. The van der Waals surface area contributed by atoms with Gasteiger partial charge in [-0.1, -0.05) is 31.2 Å². The number of anilines is 1. The smallest absolute Gasteiger partial charge is 0.269 e. The highest BCUT2D eigenvalue weighted by atomic mass is 32.1. The third-order valence-electron chi connectivity index (χ3n) is 4.19. The first kappa shape index (κ1) is 19.8. The lowest BCUT2D eigenvalue weighted by Gasteiger charge is -2.26. The quantitative estimate of drug-likeness (QED) is 0.438. The standard InChI is InChI=1S/C19H24N4O2S/c1-4-14-5-7-15(8-6-14)18(22(2)3)13-20-19(26)21-16-9-11-17(12-10-16)23(24)25/h5-12,18H,4,13H2,1-3H3,(H2,20,21,26)/t18-/m1/s1. The summed E-state index contributed by atoms with van der Waals surface area (Å²) in [5.74, 6) is 0. The topological polar surface area (TPSA) is 70.4 Å². The predicted octanol–water partition coefficient (Wildman–Crippen LogP) is 3.75. The van der Waals surface area contributed by atoms with Crippen LogP contribution in [0.3, 0.4) is 0 Å². The maximum absolute atomic E-state index is 10.7. The molecule has 1 atom stereocenters.